The van der Waals surface area contributed by atoms with Crippen molar-refractivity contribution in [2.24, 2.45) is 0 Å². The molecule has 11 heteroatoms. The molecule has 10 nitrogen and oxygen atoms in total. The first-order valence-electron chi connectivity index (χ1n) is 10.0. The zero-order chi connectivity index (χ0) is 21.8. The molecule has 1 aromatic carbocycles. The van der Waals surface area contributed by atoms with Gasteiger partial charge in [0.1, 0.15) is 0 Å². The Bertz CT molecular complexity index is 1040. The summed E-state index contributed by atoms with van der Waals surface area (Å²) in [5.41, 5.74) is 3.50. The number of cyclic esters (lactones) is 1. The number of rotatable bonds is 5. The Balaban J connectivity index is 1.35. The van der Waals surface area contributed by atoms with Gasteiger partial charge >= 0.3 is 143 Å². The van der Waals surface area contributed by atoms with E-state index in [1.165, 1.54) is 4.90 Å². The first kappa shape index (κ1) is 20.3. The van der Waals surface area contributed by atoms with Crippen LogP contribution in [-0.2, 0) is 20.5 Å². The molecule has 0 unspecified atom stereocenters. The second-order valence-corrected chi connectivity index (χ2v) is 9.28. The van der Waals surface area contributed by atoms with Crippen LogP contribution in [0.2, 0.25) is 0 Å². The molecule has 0 bridgehead atoms. The summed E-state index contributed by atoms with van der Waals surface area (Å²) in [4.78, 5) is 59.1. The van der Waals surface area contributed by atoms with Crippen LogP contribution in [0.15, 0.2) is 36.5 Å². The Hall–Kier alpha value is -2.62. The van der Waals surface area contributed by atoms with Crippen LogP contribution in [0.1, 0.15) is 18.4 Å². The molecule has 2 aromatic rings. The maximum absolute atomic E-state index is 12.3. The van der Waals surface area contributed by atoms with Gasteiger partial charge < -0.3 is 0 Å². The molecule has 164 valence electrons. The van der Waals surface area contributed by atoms with Gasteiger partial charge in [0.2, 0.25) is 5.91 Å². The molecule has 0 saturated carbocycles. The molecule has 4 heterocycles. The second-order valence-electron chi connectivity index (χ2n) is 7.85. The molecular formula is C20H22N3O7P. The average Bonchev–Trinajstić information content (AvgIpc) is 3.40. The minimum absolute atomic E-state index is 0.0901. The third-order valence-electron chi connectivity index (χ3n) is 5.85. The van der Waals surface area contributed by atoms with E-state index >= 15 is 0 Å². The predicted octanol–water partition coefficient (Wildman–Crippen LogP) is 1.53. The van der Waals surface area contributed by atoms with Crippen molar-refractivity contribution in [1.29, 1.82) is 0 Å². The molecular weight excluding hydrogens is 425 g/mol. The molecule has 3 N–H and O–H groups in total. The number of ether oxygens (including phenoxy) is 1. The van der Waals surface area contributed by atoms with Crippen LogP contribution in [-0.4, -0.2) is 57.0 Å². The van der Waals surface area contributed by atoms with Crippen LogP contribution in [0, 0.1) is 0 Å². The van der Waals surface area contributed by atoms with Crippen LogP contribution >= 0.6 is 8.17 Å². The van der Waals surface area contributed by atoms with E-state index in [9.17, 15) is 9.59 Å². The number of carbonyl (C=O) groups is 2. The van der Waals surface area contributed by atoms with Crippen molar-refractivity contribution in [3.63, 3.8) is 0 Å². The monoisotopic (exact) mass is 447 g/mol. The van der Waals surface area contributed by atoms with E-state index in [4.69, 9.17) is 19.4 Å². The van der Waals surface area contributed by atoms with E-state index in [2.05, 4.69) is 9.51 Å². The van der Waals surface area contributed by atoms with Gasteiger partial charge in [-0.05, 0) is 6.42 Å². The summed E-state index contributed by atoms with van der Waals surface area (Å²) in [5, 5.41) is 0. The Morgan fingerprint density at radius 2 is 1.97 bits per heavy atom. The number of hydrogen-bond acceptors (Lipinski definition) is 8. The number of amides is 2. The topological polar surface area (TPSA) is 133 Å². The first-order valence-corrected chi connectivity index (χ1v) is 11.8. The predicted molar refractivity (Wildman–Crippen MR) is 112 cm³/mol. The second kappa shape index (κ2) is 7.51. The molecule has 2 atom stereocenters. The van der Waals surface area contributed by atoms with Crippen molar-refractivity contribution in [2.45, 2.75) is 31.4 Å². The van der Waals surface area contributed by atoms with E-state index < -0.39 is 20.4 Å². The number of carbonyl (C=O) groups excluding carboxylic acids is 2. The Morgan fingerprint density at radius 1 is 1.16 bits per heavy atom. The molecule has 2 fully saturated rings. The third kappa shape index (κ3) is 3.77. The van der Waals surface area contributed by atoms with Crippen molar-refractivity contribution < 1.29 is 33.5 Å². The van der Waals surface area contributed by atoms with Crippen LogP contribution in [0.4, 0.5) is 16.3 Å². The van der Waals surface area contributed by atoms with Gasteiger partial charge in [0.25, 0.3) is 0 Å². The molecule has 0 spiro atoms. The van der Waals surface area contributed by atoms with Crippen molar-refractivity contribution in [2.75, 3.05) is 23.0 Å². The van der Waals surface area contributed by atoms with E-state index in [-0.39, 0.29) is 18.6 Å². The molecule has 31 heavy (non-hydrogen) atoms. The Labute approximate surface area is 178 Å². The van der Waals surface area contributed by atoms with Gasteiger partial charge in [-0.2, -0.15) is 0 Å². The van der Waals surface area contributed by atoms with Crippen LogP contribution in [0.25, 0.3) is 11.1 Å². The fourth-order valence-corrected chi connectivity index (χ4v) is 4.79. The normalized spacial score (nSPS) is 23.2. The average molecular weight is 447 g/mol. The number of fused-ring (bicyclic) bond motifs is 3. The van der Waals surface area contributed by atoms with Crippen molar-refractivity contribution >= 4 is 31.7 Å². The molecule has 0 radical (unpaired) electrons. The van der Waals surface area contributed by atoms with Gasteiger partial charge in [-0.15, -0.1) is 0 Å². The summed E-state index contributed by atoms with van der Waals surface area (Å²) < 4.78 is 9.96. The first-order chi connectivity index (χ1) is 14.8. The molecule has 0 aliphatic carbocycles. The SMILES string of the molecule is O=C1CCCN1c1ccc(-c2ccc3c(c2)C[C@H]2[C@H](CO[PH](O)(O)O)OC(=O)N32)cn1. The summed E-state index contributed by atoms with van der Waals surface area (Å²) in [6.45, 7) is 0.388. The van der Waals surface area contributed by atoms with Crippen LogP contribution < -0.4 is 9.80 Å². The summed E-state index contributed by atoms with van der Waals surface area (Å²) in [6, 6.07) is 9.13. The van der Waals surface area contributed by atoms with Gasteiger partial charge in [-0.25, -0.2) is 0 Å². The number of anilines is 2. The molecule has 3 aliphatic heterocycles. The maximum atomic E-state index is 12.3. The van der Waals surface area contributed by atoms with E-state index in [0.29, 0.717) is 25.2 Å². The van der Waals surface area contributed by atoms with Crippen LogP contribution in [0.3, 0.4) is 0 Å². The number of nitrogens with zero attached hydrogens (tertiary/aromatic N) is 3. The van der Waals surface area contributed by atoms with Gasteiger partial charge in [0.15, 0.2) is 0 Å². The van der Waals surface area contributed by atoms with Crippen molar-refractivity contribution in [3.05, 3.63) is 42.1 Å². The van der Waals surface area contributed by atoms with E-state index in [1.807, 2.05) is 30.3 Å². The van der Waals surface area contributed by atoms with Gasteiger partial charge in [0.05, 0.1) is 0 Å². The van der Waals surface area contributed by atoms with Crippen molar-refractivity contribution in [3.8, 4) is 11.1 Å². The van der Waals surface area contributed by atoms with Crippen molar-refractivity contribution in [1.82, 2.24) is 4.98 Å². The summed E-state index contributed by atoms with van der Waals surface area (Å²) in [5.74, 6) is 0.738. The van der Waals surface area contributed by atoms with E-state index in [0.717, 1.165) is 28.8 Å². The molecule has 1 aromatic heterocycles. The van der Waals surface area contributed by atoms with Gasteiger partial charge in [-0.1, -0.05) is 0 Å². The van der Waals surface area contributed by atoms with Crippen LogP contribution in [0.5, 0.6) is 0 Å². The number of aromatic nitrogens is 1. The fourth-order valence-electron chi connectivity index (χ4n) is 4.40. The fraction of sp³-hybridized carbons (Fsp3) is 0.350. The summed E-state index contributed by atoms with van der Waals surface area (Å²) >= 11 is 0. The number of hydrogen-bond donors (Lipinski definition) is 3. The van der Waals surface area contributed by atoms with E-state index in [1.54, 1.807) is 11.1 Å². The molecule has 2 amide bonds. The molecule has 3 aliphatic rings. The minimum atomic E-state index is -4.68. The molecule has 5 rings (SSSR count). The zero-order valence-corrected chi connectivity index (χ0v) is 17.5. The third-order valence-corrected chi connectivity index (χ3v) is 6.40. The van der Waals surface area contributed by atoms with Gasteiger partial charge in [0, 0.05) is 13.0 Å². The number of benzene rings is 1. The standard InChI is InChI=1S/C20H22N3O7P/c24-19-2-1-7-22(19)18-6-4-13(10-21-18)12-3-5-15-14(8-12)9-16-17(11-29-31(26,27)28)30-20(25)23(15)16/h3-6,8,10,16-17,26-28,31H,1-2,7,9,11H2/t16-,17-/m0/s1. The quantitative estimate of drug-likeness (QED) is 0.588. The summed E-state index contributed by atoms with van der Waals surface area (Å²) in [7, 11) is -4.68. The zero-order valence-electron chi connectivity index (χ0n) is 16.5. The molecule has 2 saturated heterocycles. The Kier molecular flexibility index (Phi) is 4.91. The number of pyridine rings is 1. The Morgan fingerprint density at radius 3 is 2.65 bits per heavy atom. The van der Waals surface area contributed by atoms with Gasteiger partial charge in [-0.3, -0.25) is 9.69 Å². The summed E-state index contributed by atoms with van der Waals surface area (Å²) in [6.07, 6.45) is 2.38.